The summed E-state index contributed by atoms with van der Waals surface area (Å²) in [7, 11) is 4.74. The van der Waals surface area contributed by atoms with Crippen molar-refractivity contribution in [2.24, 2.45) is 7.05 Å². The van der Waals surface area contributed by atoms with Gasteiger partial charge in [-0.15, -0.1) is 0 Å². The molecule has 1 unspecified atom stereocenters. The van der Waals surface area contributed by atoms with Gasteiger partial charge in [0.2, 0.25) is 5.91 Å². The van der Waals surface area contributed by atoms with E-state index in [0.29, 0.717) is 17.1 Å². The van der Waals surface area contributed by atoms with Crippen LogP contribution in [0, 0.1) is 0 Å². The van der Waals surface area contributed by atoms with Gasteiger partial charge in [-0.2, -0.15) is 5.10 Å². The van der Waals surface area contributed by atoms with E-state index in [0.717, 1.165) is 5.56 Å². The van der Waals surface area contributed by atoms with Crippen LogP contribution >= 0.6 is 0 Å². The minimum Gasteiger partial charge on any atom is -0.495 e. The standard InChI is InChI=1S/C17H23N5O4/c1-11(12-8-18-22(2)9-12)19-17(24)20-13-5-6-15(26-4)14(7-13)21-16(23)10-25-3/h5-9,11H,10H2,1-4H3,(H,21,23)(H2,19,20,24). The van der Waals surface area contributed by atoms with E-state index in [4.69, 9.17) is 9.47 Å². The number of benzene rings is 1. The maximum Gasteiger partial charge on any atom is 0.319 e. The van der Waals surface area contributed by atoms with Crippen LogP contribution in [0.3, 0.4) is 0 Å². The normalized spacial score (nSPS) is 11.5. The summed E-state index contributed by atoms with van der Waals surface area (Å²) < 4.78 is 11.7. The van der Waals surface area contributed by atoms with E-state index in [1.165, 1.54) is 14.2 Å². The number of anilines is 2. The summed E-state index contributed by atoms with van der Waals surface area (Å²) in [5.74, 6) is 0.154. The van der Waals surface area contributed by atoms with Gasteiger partial charge in [0.05, 0.1) is 25.0 Å². The highest BCUT2D eigenvalue weighted by atomic mass is 16.5. The molecule has 1 atom stereocenters. The highest BCUT2D eigenvalue weighted by Gasteiger charge is 2.13. The Balaban J connectivity index is 2.03. The zero-order chi connectivity index (χ0) is 19.1. The number of nitrogens with one attached hydrogen (secondary N) is 3. The average Bonchev–Trinajstić information content (AvgIpc) is 3.02. The van der Waals surface area contributed by atoms with Gasteiger partial charge in [-0.05, 0) is 25.1 Å². The van der Waals surface area contributed by atoms with Crippen LogP contribution in [0.4, 0.5) is 16.2 Å². The summed E-state index contributed by atoms with van der Waals surface area (Å²) in [6.45, 7) is 1.78. The van der Waals surface area contributed by atoms with Gasteiger partial charge in [-0.1, -0.05) is 0 Å². The zero-order valence-electron chi connectivity index (χ0n) is 15.2. The molecule has 26 heavy (non-hydrogen) atoms. The molecular formula is C17H23N5O4. The summed E-state index contributed by atoms with van der Waals surface area (Å²) in [5, 5.41) is 12.3. The van der Waals surface area contributed by atoms with Crippen LogP contribution < -0.4 is 20.7 Å². The minimum absolute atomic E-state index is 0.0794. The summed E-state index contributed by atoms with van der Waals surface area (Å²) in [5.41, 5.74) is 1.84. The molecule has 0 saturated heterocycles. The molecule has 1 aromatic carbocycles. The molecule has 2 aromatic rings. The van der Waals surface area contributed by atoms with Gasteiger partial charge in [0, 0.05) is 31.6 Å². The number of amides is 3. The molecule has 140 valence electrons. The number of hydrogen-bond acceptors (Lipinski definition) is 5. The highest BCUT2D eigenvalue weighted by Crippen LogP contribution is 2.28. The lowest BCUT2D eigenvalue weighted by molar-refractivity contribution is -0.119. The lowest BCUT2D eigenvalue weighted by Gasteiger charge is -2.15. The number of urea groups is 1. The van der Waals surface area contributed by atoms with Gasteiger partial charge in [-0.25, -0.2) is 4.79 Å². The summed E-state index contributed by atoms with van der Waals surface area (Å²) in [6.07, 6.45) is 3.53. The SMILES string of the molecule is COCC(=O)Nc1cc(NC(=O)NC(C)c2cnn(C)c2)ccc1OC. The lowest BCUT2D eigenvalue weighted by atomic mass is 10.2. The molecular weight excluding hydrogens is 338 g/mol. The number of hydrogen-bond donors (Lipinski definition) is 3. The molecule has 1 heterocycles. The molecule has 0 saturated carbocycles. The van der Waals surface area contributed by atoms with E-state index >= 15 is 0 Å². The van der Waals surface area contributed by atoms with Crippen molar-refractivity contribution in [2.75, 3.05) is 31.5 Å². The Morgan fingerprint density at radius 1 is 1.27 bits per heavy atom. The topological polar surface area (TPSA) is 107 Å². The van der Waals surface area contributed by atoms with Gasteiger partial charge in [0.15, 0.2) is 0 Å². The van der Waals surface area contributed by atoms with Crippen molar-refractivity contribution < 1.29 is 19.1 Å². The Hall–Kier alpha value is -3.07. The number of carbonyl (C=O) groups excluding carboxylic acids is 2. The van der Waals surface area contributed by atoms with Crippen LogP contribution in [0.5, 0.6) is 5.75 Å². The lowest BCUT2D eigenvalue weighted by Crippen LogP contribution is -2.31. The van der Waals surface area contributed by atoms with E-state index in [9.17, 15) is 9.59 Å². The molecule has 0 aliphatic rings. The van der Waals surface area contributed by atoms with Gasteiger partial charge < -0.3 is 25.4 Å². The highest BCUT2D eigenvalue weighted by molar-refractivity contribution is 5.95. The Kier molecular flexibility index (Phi) is 6.56. The Morgan fingerprint density at radius 2 is 2.04 bits per heavy atom. The Bertz CT molecular complexity index is 774. The number of ether oxygens (including phenoxy) is 2. The molecule has 0 aliphatic heterocycles. The number of aryl methyl sites for hydroxylation is 1. The fourth-order valence-corrected chi connectivity index (χ4v) is 2.31. The zero-order valence-corrected chi connectivity index (χ0v) is 15.2. The molecule has 0 bridgehead atoms. The van der Waals surface area contributed by atoms with Crippen LogP contribution in [-0.2, 0) is 16.6 Å². The van der Waals surface area contributed by atoms with Crippen molar-refractivity contribution in [3.05, 3.63) is 36.2 Å². The number of nitrogens with zero attached hydrogens (tertiary/aromatic N) is 2. The van der Waals surface area contributed by atoms with E-state index in [1.807, 2.05) is 20.2 Å². The molecule has 0 aliphatic carbocycles. The third-order valence-corrected chi connectivity index (χ3v) is 3.58. The Labute approximate surface area is 151 Å². The number of aromatic nitrogens is 2. The van der Waals surface area contributed by atoms with Crippen LogP contribution in [0.2, 0.25) is 0 Å². The number of rotatable bonds is 7. The second-order valence-corrected chi connectivity index (χ2v) is 5.66. The van der Waals surface area contributed by atoms with Gasteiger partial charge in [0.1, 0.15) is 12.4 Å². The smallest absolute Gasteiger partial charge is 0.319 e. The maximum absolute atomic E-state index is 12.2. The first-order chi connectivity index (χ1) is 12.4. The van der Waals surface area contributed by atoms with E-state index < -0.39 is 0 Å². The first-order valence-electron chi connectivity index (χ1n) is 7.95. The second kappa shape index (κ2) is 8.86. The van der Waals surface area contributed by atoms with Gasteiger partial charge in [-0.3, -0.25) is 9.48 Å². The van der Waals surface area contributed by atoms with Crippen molar-refractivity contribution in [2.45, 2.75) is 13.0 Å². The summed E-state index contributed by atoms with van der Waals surface area (Å²) in [6, 6.07) is 4.37. The number of carbonyl (C=O) groups is 2. The third-order valence-electron chi connectivity index (χ3n) is 3.58. The molecule has 3 amide bonds. The maximum atomic E-state index is 12.2. The van der Waals surface area contributed by atoms with Crippen LogP contribution in [0.25, 0.3) is 0 Å². The summed E-state index contributed by atoms with van der Waals surface area (Å²) in [4.78, 5) is 23.9. The van der Waals surface area contributed by atoms with Crippen molar-refractivity contribution in [1.82, 2.24) is 15.1 Å². The van der Waals surface area contributed by atoms with E-state index in [2.05, 4.69) is 21.0 Å². The summed E-state index contributed by atoms with van der Waals surface area (Å²) >= 11 is 0. The van der Waals surface area contributed by atoms with Crippen LogP contribution in [0.1, 0.15) is 18.5 Å². The molecule has 2 rings (SSSR count). The third kappa shape index (κ3) is 5.21. The quantitative estimate of drug-likeness (QED) is 0.698. The molecule has 1 aromatic heterocycles. The fraction of sp³-hybridized carbons (Fsp3) is 0.353. The first-order valence-corrected chi connectivity index (χ1v) is 7.95. The van der Waals surface area contributed by atoms with Crippen LogP contribution in [-0.4, -0.2) is 42.5 Å². The monoisotopic (exact) mass is 361 g/mol. The molecule has 0 radical (unpaired) electrons. The van der Waals surface area contributed by atoms with Crippen molar-refractivity contribution in [3.8, 4) is 5.75 Å². The average molecular weight is 361 g/mol. The molecule has 0 spiro atoms. The fourth-order valence-electron chi connectivity index (χ4n) is 2.31. The van der Waals surface area contributed by atoms with Gasteiger partial charge >= 0.3 is 6.03 Å². The van der Waals surface area contributed by atoms with E-state index in [1.54, 1.807) is 29.1 Å². The molecule has 9 nitrogen and oxygen atoms in total. The molecule has 3 N–H and O–H groups in total. The number of methoxy groups -OCH3 is 2. The van der Waals surface area contributed by atoms with Crippen molar-refractivity contribution in [1.29, 1.82) is 0 Å². The predicted octanol–water partition coefficient (Wildman–Crippen LogP) is 1.90. The largest absolute Gasteiger partial charge is 0.495 e. The van der Waals surface area contributed by atoms with Gasteiger partial charge in [0.25, 0.3) is 0 Å². The first kappa shape index (κ1) is 19.3. The minimum atomic E-state index is -0.374. The second-order valence-electron chi connectivity index (χ2n) is 5.66. The van der Waals surface area contributed by atoms with Crippen molar-refractivity contribution >= 4 is 23.3 Å². The molecule has 0 fully saturated rings. The van der Waals surface area contributed by atoms with Crippen LogP contribution in [0.15, 0.2) is 30.6 Å². The molecule has 9 heteroatoms. The predicted molar refractivity (Wildman–Crippen MR) is 97.3 cm³/mol. The Morgan fingerprint density at radius 3 is 2.65 bits per heavy atom. The van der Waals surface area contributed by atoms with Crippen molar-refractivity contribution in [3.63, 3.8) is 0 Å². The van der Waals surface area contributed by atoms with E-state index in [-0.39, 0.29) is 24.6 Å².